The summed E-state index contributed by atoms with van der Waals surface area (Å²) in [5.74, 6) is -0.318. The van der Waals surface area contributed by atoms with Crippen molar-refractivity contribution in [2.45, 2.75) is 13.0 Å². The number of amides is 1. The van der Waals surface area contributed by atoms with Gasteiger partial charge in [-0.3, -0.25) is 9.59 Å². The first kappa shape index (κ1) is 23.1. The molecule has 0 aromatic heterocycles. The molecule has 1 fully saturated rings. The van der Waals surface area contributed by atoms with Gasteiger partial charge in [-0.15, -0.1) is 0 Å². The van der Waals surface area contributed by atoms with E-state index >= 15 is 0 Å². The van der Waals surface area contributed by atoms with Crippen LogP contribution in [0.5, 0.6) is 17.2 Å². The van der Waals surface area contributed by atoms with Crippen LogP contribution in [0.3, 0.4) is 0 Å². The summed E-state index contributed by atoms with van der Waals surface area (Å²) in [7, 11) is 6.05. The van der Waals surface area contributed by atoms with Crippen molar-refractivity contribution in [2.75, 3.05) is 41.6 Å². The SMILES string of the molecule is COCCN1C(=O)C(=O)/C(=C(/O)c2ccc(OC)cc2C)[C@@H]1c1cccc(OC)c1OC. The summed E-state index contributed by atoms with van der Waals surface area (Å²) in [6.07, 6.45) is 0. The molecule has 0 unspecified atom stereocenters. The van der Waals surface area contributed by atoms with Crippen LogP contribution in [-0.4, -0.2) is 63.3 Å². The predicted molar refractivity (Wildman–Crippen MR) is 118 cm³/mol. The molecule has 1 heterocycles. The molecule has 1 atom stereocenters. The number of hydrogen-bond donors (Lipinski definition) is 1. The number of aryl methyl sites for hydroxylation is 1. The third-order valence-corrected chi connectivity index (χ3v) is 5.49. The molecule has 8 nitrogen and oxygen atoms in total. The highest BCUT2D eigenvalue weighted by Gasteiger charge is 2.47. The third kappa shape index (κ3) is 4.01. The lowest BCUT2D eigenvalue weighted by atomic mass is 9.93. The number of hydrogen-bond acceptors (Lipinski definition) is 7. The average molecular weight is 441 g/mol. The van der Waals surface area contributed by atoms with E-state index in [1.54, 1.807) is 50.4 Å². The quantitative estimate of drug-likeness (QED) is 0.382. The van der Waals surface area contributed by atoms with Crippen LogP contribution < -0.4 is 14.2 Å². The first-order valence-electron chi connectivity index (χ1n) is 10.0. The van der Waals surface area contributed by atoms with E-state index in [1.165, 1.54) is 26.2 Å². The summed E-state index contributed by atoms with van der Waals surface area (Å²) < 4.78 is 21.3. The third-order valence-electron chi connectivity index (χ3n) is 5.49. The molecule has 0 bridgehead atoms. The normalized spacial score (nSPS) is 17.5. The zero-order valence-corrected chi connectivity index (χ0v) is 18.8. The number of ketones is 1. The number of carbonyl (C=O) groups is 2. The van der Waals surface area contributed by atoms with E-state index in [0.717, 1.165) is 0 Å². The molecule has 0 spiro atoms. The standard InChI is InChI=1S/C24H27NO7/c1-14-13-15(30-3)9-10-16(14)21(26)19-20(25(11-12-29-2)24(28)22(19)27)17-7-6-8-18(31-4)23(17)32-5/h6-10,13,20,26H,11-12H2,1-5H3/b21-19+/t20-/m0/s1. The Bertz CT molecular complexity index is 1060. The predicted octanol–water partition coefficient (Wildman–Crippen LogP) is 3.09. The molecule has 1 N–H and O–H groups in total. The highest BCUT2D eigenvalue weighted by Crippen LogP contribution is 2.45. The van der Waals surface area contributed by atoms with Gasteiger partial charge >= 0.3 is 0 Å². The fraction of sp³-hybridized carbons (Fsp3) is 0.333. The van der Waals surface area contributed by atoms with E-state index in [2.05, 4.69) is 0 Å². The van der Waals surface area contributed by atoms with E-state index in [4.69, 9.17) is 18.9 Å². The molecule has 2 aromatic carbocycles. The van der Waals surface area contributed by atoms with Crippen molar-refractivity contribution in [3.05, 3.63) is 58.7 Å². The zero-order chi connectivity index (χ0) is 23.4. The van der Waals surface area contributed by atoms with Gasteiger partial charge in [0, 0.05) is 24.8 Å². The highest BCUT2D eigenvalue weighted by molar-refractivity contribution is 6.46. The smallest absolute Gasteiger partial charge is 0.295 e. The molecule has 32 heavy (non-hydrogen) atoms. The first-order valence-corrected chi connectivity index (χ1v) is 10.0. The topological polar surface area (TPSA) is 94.5 Å². The van der Waals surface area contributed by atoms with Gasteiger partial charge in [0.05, 0.1) is 39.6 Å². The van der Waals surface area contributed by atoms with E-state index < -0.39 is 17.7 Å². The van der Waals surface area contributed by atoms with Crippen LogP contribution in [0, 0.1) is 6.92 Å². The van der Waals surface area contributed by atoms with Gasteiger partial charge in [0.1, 0.15) is 11.5 Å². The first-order chi connectivity index (χ1) is 15.4. The van der Waals surface area contributed by atoms with Gasteiger partial charge in [0.25, 0.3) is 11.7 Å². The molecular weight excluding hydrogens is 414 g/mol. The molecule has 3 rings (SSSR count). The second kappa shape index (κ2) is 9.74. The van der Waals surface area contributed by atoms with Gasteiger partial charge in [-0.1, -0.05) is 12.1 Å². The zero-order valence-electron chi connectivity index (χ0n) is 18.8. The van der Waals surface area contributed by atoms with Gasteiger partial charge in [-0.05, 0) is 36.8 Å². The van der Waals surface area contributed by atoms with Gasteiger partial charge < -0.3 is 29.0 Å². The Morgan fingerprint density at radius 3 is 2.38 bits per heavy atom. The molecule has 0 aliphatic carbocycles. The van der Waals surface area contributed by atoms with Crippen molar-refractivity contribution < 1.29 is 33.6 Å². The van der Waals surface area contributed by atoms with Crippen molar-refractivity contribution in [1.29, 1.82) is 0 Å². The number of carbonyl (C=O) groups excluding carboxylic acids is 2. The Balaban J connectivity index is 2.27. The molecule has 170 valence electrons. The van der Waals surface area contributed by atoms with Crippen LogP contribution in [-0.2, 0) is 14.3 Å². The van der Waals surface area contributed by atoms with Crippen LogP contribution in [0.4, 0.5) is 0 Å². The van der Waals surface area contributed by atoms with Crippen molar-refractivity contribution in [1.82, 2.24) is 4.90 Å². The number of rotatable bonds is 8. The van der Waals surface area contributed by atoms with Crippen LogP contribution >= 0.6 is 0 Å². The fourth-order valence-corrected chi connectivity index (χ4v) is 3.92. The van der Waals surface area contributed by atoms with Crippen molar-refractivity contribution in [2.24, 2.45) is 0 Å². The van der Waals surface area contributed by atoms with E-state index in [9.17, 15) is 14.7 Å². The second-order valence-corrected chi connectivity index (χ2v) is 7.25. The van der Waals surface area contributed by atoms with Gasteiger partial charge in [0.2, 0.25) is 0 Å². The van der Waals surface area contributed by atoms with Crippen LogP contribution in [0.25, 0.3) is 5.76 Å². The number of para-hydroxylation sites is 1. The number of Topliss-reactive ketones (excluding diaryl/α,β-unsaturated/α-hetero) is 1. The summed E-state index contributed by atoms with van der Waals surface area (Å²) in [5, 5.41) is 11.3. The average Bonchev–Trinajstić information content (AvgIpc) is 3.06. The molecule has 1 aliphatic heterocycles. The summed E-state index contributed by atoms with van der Waals surface area (Å²) in [4.78, 5) is 27.5. The number of aliphatic hydroxyl groups excluding tert-OH is 1. The van der Waals surface area contributed by atoms with Crippen LogP contribution in [0.15, 0.2) is 42.0 Å². The number of benzene rings is 2. The number of methoxy groups -OCH3 is 4. The fourth-order valence-electron chi connectivity index (χ4n) is 3.92. The van der Waals surface area contributed by atoms with Crippen LogP contribution in [0.1, 0.15) is 22.7 Å². The Kier molecular flexibility index (Phi) is 7.05. The van der Waals surface area contributed by atoms with Crippen molar-refractivity contribution >= 4 is 17.4 Å². The summed E-state index contributed by atoms with van der Waals surface area (Å²) in [5.41, 5.74) is 1.63. The Hall–Kier alpha value is -3.52. The number of nitrogens with zero attached hydrogens (tertiary/aromatic N) is 1. The largest absolute Gasteiger partial charge is 0.507 e. The van der Waals surface area contributed by atoms with E-state index in [0.29, 0.717) is 33.9 Å². The molecular formula is C24H27NO7. The summed E-state index contributed by atoms with van der Waals surface area (Å²) >= 11 is 0. The summed E-state index contributed by atoms with van der Waals surface area (Å²) in [6.45, 7) is 2.17. The number of aliphatic hydroxyl groups is 1. The molecule has 8 heteroatoms. The lowest BCUT2D eigenvalue weighted by Gasteiger charge is -2.27. The summed E-state index contributed by atoms with van der Waals surface area (Å²) in [6, 6.07) is 9.42. The minimum atomic E-state index is -0.878. The molecule has 0 radical (unpaired) electrons. The minimum Gasteiger partial charge on any atom is -0.507 e. The Morgan fingerprint density at radius 2 is 1.78 bits per heavy atom. The maximum Gasteiger partial charge on any atom is 0.295 e. The molecule has 2 aromatic rings. The van der Waals surface area contributed by atoms with Crippen LogP contribution in [0.2, 0.25) is 0 Å². The van der Waals surface area contributed by atoms with Gasteiger partial charge in [0.15, 0.2) is 11.5 Å². The Labute approximate surface area is 187 Å². The molecule has 1 saturated heterocycles. The van der Waals surface area contributed by atoms with E-state index in [-0.39, 0.29) is 24.5 Å². The van der Waals surface area contributed by atoms with Crippen molar-refractivity contribution in [3.63, 3.8) is 0 Å². The lowest BCUT2D eigenvalue weighted by molar-refractivity contribution is -0.140. The maximum absolute atomic E-state index is 13.1. The second-order valence-electron chi connectivity index (χ2n) is 7.25. The minimum absolute atomic E-state index is 0.0223. The lowest BCUT2D eigenvalue weighted by Crippen LogP contribution is -2.32. The van der Waals surface area contributed by atoms with E-state index in [1.807, 2.05) is 0 Å². The van der Waals surface area contributed by atoms with Crippen molar-refractivity contribution in [3.8, 4) is 17.2 Å². The molecule has 0 saturated carbocycles. The highest BCUT2D eigenvalue weighted by atomic mass is 16.5. The number of ether oxygens (including phenoxy) is 4. The molecule has 1 aliphatic rings. The van der Waals surface area contributed by atoms with Gasteiger partial charge in [-0.25, -0.2) is 0 Å². The molecule has 1 amide bonds. The monoisotopic (exact) mass is 441 g/mol. The number of likely N-dealkylation sites (tertiary alicyclic amines) is 1. The Morgan fingerprint density at radius 1 is 1.03 bits per heavy atom. The van der Waals surface area contributed by atoms with Gasteiger partial charge in [-0.2, -0.15) is 0 Å². The maximum atomic E-state index is 13.1.